The Labute approximate surface area is 139 Å². The number of methoxy groups -OCH3 is 1. The molecular formula is C16H23BrN2O3. The van der Waals surface area contributed by atoms with E-state index in [4.69, 9.17) is 15.2 Å². The highest BCUT2D eigenvalue weighted by Gasteiger charge is 2.27. The summed E-state index contributed by atoms with van der Waals surface area (Å²) in [6.45, 7) is 3.70. The Morgan fingerprint density at radius 2 is 2.23 bits per heavy atom. The number of piperidine rings is 1. The summed E-state index contributed by atoms with van der Waals surface area (Å²) in [5.41, 5.74) is 6.40. The second-order valence-corrected chi connectivity index (χ2v) is 6.16. The summed E-state index contributed by atoms with van der Waals surface area (Å²) in [5.74, 6) is 1.17. The molecule has 1 amide bonds. The molecule has 0 radical (unpaired) electrons. The Morgan fingerprint density at radius 3 is 2.86 bits per heavy atom. The van der Waals surface area contributed by atoms with Crippen molar-refractivity contribution in [2.75, 3.05) is 26.8 Å². The molecule has 0 saturated carbocycles. The predicted molar refractivity (Wildman–Crippen MR) is 89.6 cm³/mol. The van der Waals surface area contributed by atoms with E-state index in [0.29, 0.717) is 30.2 Å². The standard InChI is InChI=1S/C16H23BrN2O3/c1-3-22-15-13(17)8-11(9-14(15)21-2)16(20)19-7-5-4-6-12(19)10-18/h8-9,12H,3-7,10,18H2,1-2H3. The van der Waals surface area contributed by atoms with Gasteiger partial charge in [-0.3, -0.25) is 4.79 Å². The van der Waals surface area contributed by atoms with Crippen LogP contribution in [0.1, 0.15) is 36.5 Å². The molecule has 1 aromatic rings. The molecular weight excluding hydrogens is 348 g/mol. The molecule has 0 aliphatic carbocycles. The number of hydrogen-bond acceptors (Lipinski definition) is 4. The summed E-state index contributed by atoms with van der Waals surface area (Å²) >= 11 is 3.46. The van der Waals surface area contributed by atoms with Gasteiger partial charge in [-0.2, -0.15) is 0 Å². The van der Waals surface area contributed by atoms with Crippen molar-refractivity contribution in [3.05, 3.63) is 22.2 Å². The lowest BCUT2D eigenvalue weighted by atomic mass is 10.0. The van der Waals surface area contributed by atoms with E-state index in [-0.39, 0.29) is 11.9 Å². The zero-order valence-corrected chi connectivity index (χ0v) is 14.7. The van der Waals surface area contributed by atoms with Crippen LogP contribution in [0.25, 0.3) is 0 Å². The van der Waals surface area contributed by atoms with Gasteiger partial charge < -0.3 is 20.1 Å². The average molecular weight is 371 g/mol. The third-order valence-electron chi connectivity index (χ3n) is 3.93. The van der Waals surface area contributed by atoms with Crippen molar-refractivity contribution in [1.29, 1.82) is 0 Å². The van der Waals surface area contributed by atoms with Gasteiger partial charge in [0.1, 0.15) is 0 Å². The smallest absolute Gasteiger partial charge is 0.254 e. The molecule has 6 heteroatoms. The van der Waals surface area contributed by atoms with Gasteiger partial charge in [0.15, 0.2) is 11.5 Å². The number of ether oxygens (including phenoxy) is 2. The fraction of sp³-hybridized carbons (Fsp3) is 0.562. The van der Waals surface area contributed by atoms with Gasteiger partial charge in [-0.1, -0.05) is 0 Å². The van der Waals surface area contributed by atoms with Crippen LogP contribution in [-0.2, 0) is 0 Å². The highest BCUT2D eigenvalue weighted by molar-refractivity contribution is 9.10. The molecule has 1 saturated heterocycles. The van der Waals surface area contributed by atoms with Gasteiger partial charge in [0.2, 0.25) is 0 Å². The maximum atomic E-state index is 12.8. The topological polar surface area (TPSA) is 64.8 Å². The zero-order chi connectivity index (χ0) is 16.1. The first-order valence-electron chi connectivity index (χ1n) is 7.63. The lowest BCUT2D eigenvalue weighted by Crippen LogP contribution is -2.47. The molecule has 1 unspecified atom stereocenters. The average Bonchev–Trinajstić information content (AvgIpc) is 2.55. The van der Waals surface area contributed by atoms with E-state index < -0.39 is 0 Å². The van der Waals surface area contributed by atoms with Crippen molar-refractivity contribution >= 4 is 21.8 Å². The number of benzene rings is 1. The highest BCUT2D eigenvalue weighted by atomic mass is 79.9. The number of amides is 1. The van der Waals surface area contributed by atoms with Crippen molar-refractivity contribution in [2.45, 2.75) is 32.2 Å². The minimum atomic E-state index is -0.00259. The van der Waals surface area contributed by atoms with Crippen molar-refractivity contribution in [3.63, 3.8) is 0 Å². The van der Waals surface area contributed by atoms with Gasteiger partial charge in [-0.15, -0.1) is 0 Å². The highest BCUT2D eigenvalue weighted by Crippen LogP contribution is 2.37. The van der Waals surface area contributed by atoms with Crippen molar-refractivity contribution in [1.82, 2.24) is 4.90 Å². The summed E-state index contributed by atoms with van der Waals surface area (Å²) in [6, 6.07) is 3.65. The van der Waals surface area contributed by atoms with E-state index in [1.54, 1.807) is 19.2 Å². The maximum absolute atomic E-state index is 12.8. The normalized spacial score (nSPS) is 18.2. The van der Waals surface area contributed by atoms with Crippen molar-refractivity contribution < 1.29 is 14.3 Å². The second kappa shape index (κ2) is 7.83. The number of halogens is 1. The summed E-state index contributed by atoms with van der Waals surface area (Å²) < 4.78 is 11.6. The van der Waals surface area contributed by atoms with Gasteiger partial charge in [-0.25, -0.2) is 0 Å². The molecule has 2 N–H and O–H groups in total. The molecule has 1 fully saturated rings. The number of nitrogens with zero attached hydrogens (tertiary/aromatic N) is 1. The minimum Gasteiger partial charge on any atom is -0.493 e. The van der Waals surface area contributed by atoms with E-state index in [2.05, 4.69) is 15.9 Å². The monoisotopic (exact) mass is 370 g/mol. The molecule has 122 valence electrons. The molecule has 1 aliphatic rings. The third-order valence-corrected chi connectivity index (χ3v) is 4.51. The lowest BCUT2D eigenvalue weighted by molar-refractivity contribution is 0.0623. The molecule has 0 spiro atoms. The summed E-state index contributed by atoms with van der Waals surface area (Å²) in [5, 5.41) is 0. The van der Waals surface area contributed by atoms with E-state index >= 15 is 0 Å². The van der Waals surface area contributed by atoms with E-state index in [0.717, 1.165) is 30.3 Å². The molecule has 2 rings (SSSR count). The Hall–Kier alpha value is -1.27. The van der Waals surface area contributed by atoms with Crippen molar-refractivity contribution in [2.24, 2.45) is 5.73 Å². The molecule has 0 aromatic heterocycles. The number of nitrogens with two attached hydrogens (primary N) is 1. The quantitative estimate of drug-likeness (QED) is 0.865. The van der Waals surface area contributed by atoms with Crippen LogP contribution in [0, 0.1) is 0 Å². The first-order chi connectivity index (χ1) is 10.6. The van der Waals surface area contributed by atoms with Crippen molar-refractivity contribution in [3.8, 4) is 11.5 Å². The largest absolute Gasteiger partial charge is 0.493 e. The molecule has 1 aromatic carbocycles. The van der Waals surface area contributed by atoms with Gasteiger partial charge in [0.05, 0.1) is 18.2 Å². The fourth-order valence-electron chi connectivity index (χ4n) is 2.81. The Bertz CT molecular complexity index is 536. The number of carbonyl (C=O) groups is 1. The first-order valence-corrected chi connectivity index (χ1v) is 8.43. The Kier molecular flexibility index (Phi) is 6.08. The third kappa shape index (κ3) is 3.55. The number of likely N-dealkylation sites (tertiary alicyclic amines) is 1. The molecule has 0 bridgehead atoms. The minimum absolute atomic E-state index is 0.00259. The summed E-state index contributed by atoms with van der Waals surface area (Å²) in [6.07, 6.45) is 3.12. The van der Waals surface area contributed by atoms with Crippen LogP contribution in [0.3, 0.4) is 0 Å². The van der Waals surface area contributed by atoms with E-state index in [1.165, 1.54) is 0 Å². The van der Waals surface area contributed by atoms with Gasteiger partial charge in [-0.05, 0) is 54.2 Å². The molecule has 5 nitrogen and oxygen atoms in total. The van der Waals surface area contributed by atoms with Gasteiger partial charge in [0.25, 0.3) is 5.91 Å². The molecule has 22 heavy (non-hydrogen) atoms. The van der Waals surface area contributed by atoms with Crippen LogP contribution >= 0.6 is 15.9 Å². The first kappa shape index (κ1) is 17.1. The molecule has 1 heterocycles. The predicted octanol–water partition coefficient (Wildman–Crippen LogP) is 2.81. The zero-order valence-electron chi connectivity index (χ0n) is 13.1. The van der Waals surface area contributed by atoms with Gasteiger partial charge >= 0.3 is 0 Å². The second-order valence-electron chi connectivity index (χ2n) is 5.31. The van der Waals surface area contributed by atoms with Crippen LogP contribution in [0.5, 0.6) is 11.5 Å². The molecule has 1 aliphatic heterocycles. The number of hydrogen-bond donors (Lipinski definition) is 1. The number of rotatable bonds is 5. The molecule has 1 atom stereocenters. The Morgan fingerprint density at radius 1 is 1.45 bits per heavy atom. The summed E-state index contributed by atoms with van der Waals surface area (Å²) in [4.78, 5) is 14.7. The Balaban J connectivity index is 2.31. The van der Waals surface area contributed by atoms with Crippen LogP contribution < -0.4 is 15.2 Å². The number of carbonyl (C=O) groups excluding carboxylic acids is 1. The SMILES string of the molecule is CCOc1c(Br)cc(C(=O)N2CCCCC2CN)cc1OC. The van der Waals surface area contributed by atoms with Gasteiger partial charge in [0, 0.05) is 24.7 Å². The van der Waals surface area contributed by atoms with E-state index in [9.17, 15) is 4.79 Å². The fourth-order valence-corrected chi connectivity index (χ4v) is 3.36. The summed E-state index contributed by atoms with van der Waals surface area (Å²) in [7, 11) is 1.57. The van der Waals surface area contributed by atoms with Crippen LogP contribution in [-0.4, -0.2) is 43.7 Å². The van der Waals surface area contributed by atoms with Crippen LogP contribution in [0.15, 0.2) is 16.6 Å². The van der Waals surface area contributed by atoms with Crippen LogP contribution in [0.4, 0.5) is 0 Å². The van der Waals surface area contributed by atoms with Crippen LogP contribution in [0.2, 0.25) is 0 Å². The lowest BCUT2D eigenvalue weighted by Gasteiger charge is -2.35. The van der Waals surface area contributed by atoms with E-state index in [1.807, 2.05) is 11.8 Å². The maximum Gasteiger partial charge on any atom is 0.254 e.